The molecule has 4 nitrogen and oxygen atoms in total. The van der Waals surface area contributed by atoms with Crippen molar-refractivity contribution >= 4 is 0 Å². The summed E-state index contributed by atoms with van der Waals surface area (Å²) in [6.07, 6.45) is 5.47. The van der Waals surface area contributed by atoms with Crippen LogP contribution in [-0.2, 0) is 0 Å². The van der Waals surface area contributed by atoms with E-state index in [4.69, 9.17) is 5.11 Å². The van der Waals surface area contributed by atoms with Crippen LogP contribution in [0.1, 0.15) is 24.5 Å². The summed E-state index contributed by atoms with van der Waals surface area (Å²) in [5.74, 6) is 0.00641. The highest BCUT2D eigenvalue weighted by molar-refractivity contribution is 5.62. The molecule has 1 fully saturated rings. The second-order valence-corrected chi connectivity index (χ2v) is 5.66. The molecule has 0 spiro atoms. The van der Waals surface area contributed by atoms with Crippen molar-refractivity contribution in [2.75, 3.05) is 26.2 Å². The predicted octanol–water partition coefficient (Wildman–Crippen LogP) is 2.45. The second-order valence-electron chi connectivity index (χ2n) is 5.66. The summed E-state index contributed by atoms with van der Waals surface area (Å²) in [6.45, 7) is 2.73. The van der Waals surface area contributed by atoms with Gasteiger partial charge in [-0.15, -0.1) is 0 Å². The molecule has 0 saturated carbocycles. The van der Waals surface area contributed by atoms with Crippen LogP contribution in [0, 0.1) is 5.82 Å². The first kappa shape index (κ1) is 15.1. The lowest BCUT2D eigenvalue weighted by molar-refractivity contribution is 0.160. The topological polar surface area (TPSA) is 49.2 Å². The molecule has 1 saturated heterocycles. The maximum Gasteiger partial charge on any atom is 0.123 e. The molecule has 0 amide bonds. The van der Waals surface area contributed by atoms with Crippen LogP contribution >= 0.6 is 0 Å². The molecule has 116 valence electrons. The van der Waals surface area contributed by atoms with Crippen molar-refractivity contribution in [3.63, 3.8) is 0 Å². The van der Waals surface area contributed by atoms with Gasteiger partial charge in [-0.2, -0.15) is 0 Å². The monoisotopic (exact) mass is 301 g/mol. The number of hydrogen-bond acceptors (Lipinski definition) is 4. The number of aliphatic hydroxyl groups is 1. The van der Waals surface area contributed by atoms with Crippen molar-refractivity contribution < 1.29 is 9.50 Å². The minimum absolute atomic E-state index is 0.171. The van der Waals surface area contributed by atoms with Gasteiger partial charge in [0.2, 0.25) is 0 Å². The number of rotatable bonds is 4. The van der Waals surface area contributed by atoms with E-state index >= 15 is 0 Å². The van der Waals surface area contributed by atoms with Crippen molar-refractivity contribution in [2.24, 2.45) is 0 Å². The normalized spacial score (nSPS) is 19.3. The van der Waals surface area contributed by atoms with Crippen molar-refractivity contribution in [3.8, 4) is 11.3 Å². The Bertz CT molecular complexity index is 633. The van der Waals surface area contributed by atoms with Crippen LogP contribution in [0.2, 0.25) is 0 Å². The Labute approximate surface area is 129 Å². The molecule has 1 aliphatic heterocycles. The van der Waals surface area contributed by atoms with E-state index in [1.54, 1.807) is 18.5 Å². The number of benzene rings is 1. The zero-order chi connectivity index (χ0) is 15.4. The molecule has 1 aliphatic rings. The molecule has 5 heteroatoms. The summed E-state index contributed by atoms with van der Waals surface area (Å²) in [4.78, 5) is 11.2. The Morgan fingerprint density at radius 1 is 1.27 bits per heavy atom. The van der Waals surface area contributed by atoms with Crippen LogP contribution in [0.15, 0.2) is 36.7 Å². The van der Waals surface area contributed by atoms with Crippen LogP contribution in [0.25, 0.3) is 11.3 Å². The smallest absolute Gasteiger partial charge is 0.123 e. The number of nitrogens with zero attached hydrogens (tertiary/aromatic N) is 3. The van der Waals surface area contributed by atoms with Gasteiger partial charge in [-0.25, -0.2) is 4.39 Å². The largest absolute Gasteiger partial charge is 0.395 e. The number of piperidine rings is 1. The van der Waals surface area contributed by atoms with Crippen molar-refractivity contribution in [1.29, 1.82) is 0 Å². The summed E-state index contributed by atoms with van der Waals surface area (Å²) < 4.78 is 13.5. The van der Waals surface area contributed by atoms with E-state index in [1.165, 1.54) is 12.1 Å². The molecule has 1 aromatic heterocycles. The molecular formula is C17H20FN3O. The minimum atomic E-state index is -0.264. The number of aliphatic hydroxyl groups excluding tert-OH is 1. The van der Waals surface area contributed by atoms with Crippen molar-refractivity contribution in [1.82, 2.24) is 14.9 Å². The van der Waals surface area contributed by atoms with Gasteiger partial charge in [-0.3, -0.25) is 9.97 Å². The molecule has 22 heavy (non-hydrogen) atoms. The summed E-state index contributed by atoms with van der Waals surface area (Å²) >= 11 is 0. The van der Waals surface area contributed by atoms with Crippen molar-refractivity contribution in [2.45, 2.75) is 18.8 Å². The van der Waals surface area contributed by atoms with E-state index in [0.717, 1.165) is 42.9 Å². The van der Waals surface area contributed by atoms with Gasteiger partial charge in [0.25, 0.3) is 0 Å². The Hall–Kier alpha value is -1.85. The zero-order valence-corrected chi connectivity index (χ0v) is 12.5. The molecule has 1 unspecified atom stereocenters. The highest BCUT2D eigenvalue weighted by atomic mass is 19.1. The summed E-state index contributed by atoms with van der Waals surface area (Å²) in [7, 11) is 0. The molecule has 0 radical (unpaired) electrons. The van der Waals surface area contributed by atoms with Crippen LogP contribution in [0.4, 0.5) is 4.39 Å². The Morgan fingerprint density at radius 3 is 2.95 bits per heavy atom. The van der Waals surface area contributed by atoms with E-state index < -0.39 is 0 Å². The summed E-state index contributed by atoms with van der Waals surface area (Å²) in [5, 5.41) is 9.13. The Morgan fingerprint density at radius 2 is 2.14 bits per heavy atom. The third-order valence-corrected chi connectivity index (χ3v) is 4.13. The fourth-order valence-corrected chi connectivity index (χ4v) is 3.13. The van der Waals surface area contributed by atoms with Crippen LogP contribution in [-0.4, -0.2) is 46.2 Å². The maximum atomic E-state index is 13.5. The number of β-amino-alcohol motifs (C(OH)–C–C–N with tert-alkyl or cyclic N) is 1. The van der Waals surface area contributed by atoms with Gasteiger partial charge in [0.15, 0.2) is 0 Å². The van der Waals surface area contributed by atoms with E-state index in [1.807, 2.05) is 6.07 Å². The first-order chi connectivity index (χ1) is 10.8. The summed E-state index contributed by atoms with van der Waals surface area (Å²) in [5.41, 5.74) is 2.45. The number of hydrogen-bond donors (Lipinski definition) is 1. The van der Waals surface area contributed by atoms with Crippen LogP contribution < -0.4 is 0 Å². The maximum absolute atomic E-state index is 13.5. The average molecular weight is 301 g/mol. The molecule has 0 aliphatic carbocycles. The SMILES string of the molecule is OCCN1CCCC(c2nccnc2-c2cccc(F)c2)C1. The fourth-order valence-electron chi connectivity index (χ4n) is 3.13. The van der Waals surface area contributed by atoms with Crippen molar-refractivity contribution in [3.05, 3.63) is 48.2 Å². The van der Waals surface area contributed by atoms with Gasteiger partial charge in [0.1, 0.15) is 5.82 Å². The Balaban J connectivity index is 1.91. The minimum Gasteiger partial charge on any atom is -0.395 e. The lowest BCUT2D eigenvalue weighted by atomic mass is 9.91. The van der Waals surface area contributed by atoms with Gasteiger partial charge in [-0.05, 0) is 31.5 Å². The molecule has 3 rings (SSSR count). The van der Waals surface area contributed by atoms with E-state index in [-0.39, 0.29) is 18.3 Å². The number of likely N-dealkylation sites (tertiary alicyclic amines) is 1. The number of halogens is 1. The van der Waals surface area contributed by atoms with Gasteiger partial charge < -0.3 is 10.0 Å². The van der Waals surface area contributed by atoms with Gasteiger partial charge in [0.05, 0.1) is 18.0 Å². The standard InChI is InChI=1S/C17H20FN3O/c18-15-5-1-3-13(11-15)16-17(20-7-6-19-16)14-4-2-8-21(12-14)9-10-22/h1,3,5-7,11,14,22H,2,4,8-10,12H2. The molecule has 0 bridgehead atoms. The Kier molecular flexibility index (Phi) is 4.75. The lowest BCUT2D eigenvalue weighted by Gasteiger charge is -2.32. The molecule has 1 atom stereocenters. The van der Waals surface area contributed by atoms with E-state index in [9.17, 15) is 4.39 Å². The van der Waals surface area contributed by atoms with Gasteiger partial charge >= 0.3 is 0 Å². The average Bonchev–Trinajstić information content (AvgIpc) is 2.55. The van der Waals surface area contributed by atoms with Crippen LogP contribution in [0.3, 0.4) is 0 Å². The lowest BCUT2D eigenvalue weighted by Crippen LogP contribution is -2.36. The third kappa shape index (κ3) is 3.31. The van der Waals surface area contributed by atoms with Gasteiger partial charge in [0, 0.05) is 37.0 Å². The zero-order valence-electron chi connectivity index (χ0n) is 12.5. The van der Waals surface area contributed by atoms with Crippen LogP contribution in [0.5, 0.6) is 0 Å². The highest BCUT2D eigenvalue weighted by Gasteiger charge is 2.25. The predicted molar refractivity (Wildman–Crippen MR) is 82.9 cm³/mol. The molecule has 1 N–H and O–H groups in total. The van der Waals surface area contributed by atoms with E-state index in [2.05, 4.69) is 14.9 Å². The fraction of sp³-hybridized carbons (Fsp3) is 0.412. The molecular weight excluding hydrogens is 281 g/mol. The third-order valence-electron chi connectivity index (χ3n) is 4.13. The highest BCUT2D eigenvalue weighted by Crippen LogP contribution is 2.31. The second kappa shape index (κ2) is 6.94. The van der Waals surface area contributed by atoms with Gasteiger partial charge in [-0.1, -0.05) is 12.1 Å². The molecule has 1 aromatic carbocycles. The molecule has 2 heterocycles. The first-order valence-corrected chi connectivity index (χ1v) is 7.68. The number of aromatic nitrogens is 2. The van der Waals surface area contributed by atoms with E-state index in [0.29, 0.717) is 6.54 Å². The first-order valence-electron chi connectivity index (χ1n) is 7.68. The summed E-state index contributed by atoms with van der Waals surface area (Å²) in [6, 6.07) is 6.50. The quantitative estimate of drug-likeness (QED) is 0.942. The molecule has 2 aromatic rings.